The van der Waals surface area contributed by atoms with Crippen LogP contribution in [0.2, 0.25) is 0 Å². The number of ether oxygens (including phenoxy) is 1. The third kappa shape index (κ3) is 3.01. The van der Waals surface area contributed by atoms with Crippen molar-refractivity contribution in [1.29, 1.82) is 0 Å². The second kappa shape index (κ2) is 6.31. The maximum atomic E-state index is 12.7. The lowest BCUT2D eigenvalue weighted by molar-refractivity contribution is -0.122. The van der Waals surface area contributed by atoms with Crippen LogP contribution >= 0.6 is 23.6 Å². The molecule has 0 aliphatic carbocycles. The lowest BCUT2D eigenvalue weighted by Gasteiger charge is -2.28. The smallest absolute Gasteiger partial charge is 0.270 e. The minimum atomic E-state index is -0.488. The van der Waals surface area contributed by atoms with Gasteiger partial charge in [-0.2, -0.15) is 0 Å². The second-order valence-electron chi connectivity index (χ2n) is 4.67. The zero-order valence-corrected chi connectivity index (χ0v) is 13.7. The van der Waals surface area contributed by atoms with E-state index in [1.54, 1.807) is 37.5 Å². The number of anilines is 1. The molecule has 1 saturated heterocycles. The van der Waals surface area contributed by atoms with Gasteiger partial charge in [0.15, 0.2) is 5.11 Å². The molecule has 1 fully saturated rings. The highest BCUT2D eigenvalue weighted by Crippen LogP contribution is 2.24. The van der Waals surface area contributed by atoms with E-state index < -0.39 is 11.8 Å². The topological polar surface area (TPSA) is 58.6 Å². The summed E-state index contributed by atoms with van der Waals surface area (Å²) in [6, 6.07) is 10.6. The Labute approximate surface area is 142 Å². The highest BCUT2D eigenvalue weighted by atomic mass is 32.1. The average molecular weight is 344 g/mol. The summed E-state index contributed by atoms with van der Waals surface area (Å²) in [7, 11) is 1.56. The van der Waals surface area contributed by atoms with Crippen LogP contribution in [0, 0.1) is 0 Å². The normalized spacial score (nSPS) is 16.7. The fourth-order valence-corrected chi connectivity index (χ4v) is 3.08. The van der Waals surface area contributed by atoms with E-state index in [1.165, 1.54) is 16.2 Å². The molecule has 2 heterocycles. The van der Waals surface area contributed by atoms with Gasteiger partial charge in [-0.3, -0.25) is 19.8 Å². The van der Waals surface area contributed by atoms with Crippen molar-refractivity contribution < 1.29 is 14.3 Å². The molecule has 7 heteroatoms. The van der Waals surface area contributed by atoms with E-state index >= 15 is 0 Å². The number of methoxy groups -OCH3 is 1. The van der Waals surface area contributed by atoms with Gasteiger partial charge in [-0.15, -0.1) is 11.3 Å². The van der Waals surface area contributed by atoms with Crippen molar-refractivity contribution >= 4 is 52.2 Å². The molecule has 0 saturated carbocycles. The van der Waals surface area contributed by atoms with Gasteiger partial charge in [0.25, 0.3) is 11.8 Å². The molecule has 1 aliphatic rings. The van der Waals surface area contributed by atoms with Gasteiger partial charge < -0.3 is 4.74 Å². The number of nitrogens with one attached hydrogen (secondary N) is 1. The Kier molecular flexibility index (Phi) is 4.22. The van der Waals surface area contributed by atoms with Crippen LogP contribution in [0.3, 0.4) is 0 Å². The lowest BCUT2D eigenvalue weighted by Crippen LogP contribution is -2.54. The van der Waals surface area contributed by atoms with E-state index in [-0.39, 0.29) is 10.7 Å². The molecule has 0 spiro atoms. The predicted molar refractivity (Wildman–Crippen MR) is 93.5 cm³/mol. The molecule has 0 atom stereocenters. The Balaban J connectivity index is 1.98. The summed E-state index contributed by atoms with van der Waals surface area (Å²) in [5.41, 5.74) is 0.620. The van der Waals surface area contributed by atoms with Crippen LogP contribution < -0.4 is 15.0 Å². The maximum absolute atomic E-state index is 12.7. The summed E-state index contributed by atoms with van der Waals surface area (Å²) in [5.74, 6) is -0.266. The number of hydrogen-bond donors (Lipinski definition) is 1. The summed E-state index contributed by atoms with van der Waals surface area (Å²) in [5, 5.41) is 4.49. The Morgan fingerprint density at radius 3 is 2.57 bits per heavy atom. The molecule has 1 aromatic heterocycles. The van der Waals surface area contributed by atoms with Crippen LogP contribution in [0.4, 0.5) is 5.69 Å². The van der Waals surface area contributed by atoms with Crippen LogP contribution in [0.15, 0.2) is 47.4 Å². The number of carbonyl (C=O) groups is 2. The van der Waals surface area contributed by atoms with Crippen LogP contribution in [0.5, 0.6) is 5.75 Å². The molecule has 116 valence electrons. The summed E-state index contributed by atoms with van der Waals surface area (Å²) < 4.78 is 5.10. The van der Waals surface area contributed by atoms with Crippen LogP contribution in [-0.2, 0) is 9.59 Å². The Bertz CT molecular complexity index is 795. The largest absolute Gasteiger partial charge is 0.497 e. The standard InChI is InChI=1S/C16H12N2O3S2/c1-21-11-6-4-10(5-7-11)18-15(20)13(14(19)17-16(18)22)9-12-3-2-8-23-12/h2-9H,1H3,(H,17,19,22). The van der Waals surface area contributed by atoms with Crippen molar-refractivity contribution in [3.8, 4) is 5.75 Å². The molecule has 1 N–H and O–H groups in total. The van der Waals surface area contributed by atoms with E-state index in [9.17, 15) is 9.59 Å². The first kappa shape index (κ1) is 15.4. The number of rotatable bonds is 3. The number of carbonyl (C=O) groups excluding carboxylic acids is 2. The summed E-state index contributed by atoms with van der Waals surface area (Å²) in [6.07, 6.45) is 1.57. The number of nitrogens with zero attached hydrogens (tertiary/aromatic N) is 1. The van der Waals surface area contributed by atoms with Gasteiger partial charge in [-0.25, -0.2) is 0 Å². The zero-order chi connectivity index (χ0) is 16.4. The summed E-state index contributed by atoms with van der Waals surface area (Å²) >= 11 is 6.59. The zero-order valence-electron chi connectivity index (χ0n) is 12.1. The van der Waals surface area contributed by atoms with Crippen molar-refractivity contribution in [3.63, 3.8) is 0 Å². The van der Waals surface area contributed by atoms with Gasteiger partial charge in [0.1, 0.15) is 11.3 Å². The molecular formula is C16H12N2O3S2. The molecule has 0 radical (unpaired) electrons. The first-order valence-electron chi connectivity index (χ1n) is 6.69. The number of benzene rings is 1. The SMILES string of the molecule is COc1ccc(N2C(=O)C(=Cc3cccs3)C(=O)NC2=S)cc1. The molecule has 1 aliphatic heterocycles. The molecular weight excluding hydrogens is 332 g/mol. The fraction of sp³-hybridized carbons (Fsp3) is 0.0625. The number of thiophene rings is 1. The van der Waals surface area contributed by atoms with Gasteiger partial charge in [0.05, 0.1) is 12.8 Å². The van der Waals surface area contributed by atoms with Crippen molar-refractivity contribution in [2.75, 3.05) is 12.0 Å². The van der Waals surface area contributed by atoms with Gasteiger partial charge in [-0.1, -0.05) is 6.07 Å². The summed E-state index contributed by atoms with van der Waals surface area (Å²) in [4.78, 5) is 26.9. The van der Waals surface area contributed by atoms with E-state index in [2.05, 4.69) is 5.32 Å². The van der Waals surface area contributed by atoms with E-state index in [0.717, 1.165) is 4.88 Å². The predicted octanol–water partition coefficient (Wildman–Crippen LogP) is 2.59. The van der Waals surface area contributed by atoms with Crippen molar-refractivity contribution in [2.24, 2.45) is 0 Å². The van der Waals surface area contributed by atoms with Gasteiger partial charge in [0.2, 0.25) is 0 Å². The van der Waals surface area contributed by atoms with Gasteiger partial charge >= 0.3 is 0 Å². The molecule has 3 rings (SSSR count). The minimum Gasteiger partial charge on any atom is -0.497 e. The van der Waals surface area contributed by atoms with E-state index in [4.69, 9.17) is 17.0 Å². The fourth-order valence-electron chi connectivity index (χ4n) is 2.14. The van der Waals surface area contributed by atoms with Gasteiger partial charge in [-0.05, 0) is 54.0 Å². The van der Waals surface area contributed by atoms with Crippen LogP contribution in [0.1, 0.15) is 4.88 Å². The van der Waals surface area contributed by atoms with Crippen molar-refractivity contribution in [1.82, 2.24) is 5.32 Å². The third-order valence-corrected chi connectivity index (χ3v) is 4.37. The first-order chi connectivity index (χ1) is 11.1. The quantitative estimate of drug-likeness (QED) is 0.528. The second-order valence-corrected chi connectivity index (χ2v) is 6.04. The van der Waals surface area contributed by atoms with Crippen LogP contribution in [-0.4, -0.2) is 24.0 Å². The lowest BCUT2D eigenvalue weighted by atomic mass is 10.1. The van der Waals surface area contributed by atoms with E-state index in [1.807, 2.05) is 17.5 Å². The number of amides is 2. The Morgan fingerprint density at radius 1 is 1.22 bits per heavy atom. The van der Waals surface area contributed by atoms with Crippen LogP contribution in [0.25, 0.3) is 6.08 Å². The molecule has 2 aromatic rings. The average Bonchev–Trinajstić information content (AvgIpc) is 3.05. The molecule has 2 amide bonds. The molecule has 23 heavy (non-hydrogen) atoms. The highest BCUT2D eigenvalue weighted by molar-refractivity contribution is 7.80. The minimum absolute atomic E-state index is 0.0527. The number of hydrogen-bond acceptors (Lipinski definition) is 5. The highest BCUT2D eigenvalue weighted by Gasteiger charge is 2.34. The Hall–Kier alpha value is -2.51. The first-order valence-corrected chi connectivity index (χ1v) is 7.98. The molecule has 0 unspecified atom stereocenters. The number of thiocarbonyl (C=S) groups is 1. The summed E-state index contributed by atoms with van der Waals surface area (Å²) in [6.45, 7) is 0. The van der Waals surface area contributed by atoms with Crippen molar-refractivity contribution in [3.05, 3.63) is 52.2 Å². The maximum Gasteiger partial charge on any atom is 0.270 e. The monoisotopic (exact) mass is 344 g/mol. The molecule has 0 bridgehead atoms. The molecule has 1 aromatic carbocycles. The van der Waals surface area contributed by atoms with Crippen molar-refractivity contribution in [2.45, 2.75) is 0 Å². The molecule has 5 nitrogen and oxygen atoms in total. The van der Waals surface area contributed by atoms with Gasteiger partial charge in [0, 0.05) is 4.88 Å². The Morgan fingerprint density at radius 2 is 1.96 bits per heavy atom. The third-order valence-electron chi connectivity index (χ3n) is 3.26. The van der Waals surface area contributed by atoms with E-state index in [0.29, 0.717) is 11.4 Å².